The number of halogens is 1. The van der Waals surface area contributed by atoms with Crippen molar-refractivity contribution in [2.75, 3.05) is 19.8 Å². The molecule has 0 spiro atoms. The first-order valence-electron chi connectivity index (χ1n) is 7.36. The highest BCUT2D eigenvalue weighted by molar-refractivity contribution is 5.75. The molecule has 5 heteroatoms. The number of carbonyl (C=O) groups excluding carboxylic acids is 1. The van der Waals surface area contributed by atoms with Crippen molar-refractivity contribution in [3.05, 3.63) is 35.1 Å². The fraction of sp³-hybridized carbons (Fsp3) is 0.562. The largest absolute Gasteiger partial charge is 0.378 e. The van der Waals surface area contributed by atoms with E-state index in [1.807, 2.05) is 0 Å². The summed E-state index contributed by atoms with van der Waals surface area (Å²) in [6.45, 7) is 3.88. The number of ether oxygens (including phenoxy) is 2. The summed E-state index contributed by atoms with van der Waals surface area (Å²) in [6, 6.07) is 4.83. The van der Waals surface area contributed by atoms with E-state index >= 15 is 0 Å². The Morgan fingerprint density at radius 1 is 1.52 bits per heavy atom. The van der Waals surface area contributed by atoms with Gasteiger partial charge in [-0.3, -0.25) is 4.79 Å². The van der Waals surface area contributed by atoms with Crippen LogP contribution in [0, 0.1) is 12.7 Å². The highest BCUT2D eigenvalue weighted by Crippen LogP contribution is 2.12. The standard InChI is InChI=1S/C16H22FNO3/c1-12-9-13(4-5-15(12)17)10-18-16(19)6-8-20-11-14-3-2-7-21-14/h4-5,9,14H,2-3,6-8,10-11H2,1H3,(H,18,19). The molecule has 1 aromatic carbocycles. The van der Waals surface area contributed by atoms with Crippen LogP contribution >= 0.6 is 0 Å². The monoisotopic (exact) mass is 295 g/mol. The lowest BCUT2D eigenvalue weighted by Crippen LogP contribution is -2.24. The third-order valence-electron chi connectivity index (χ3n) is 3.51. The molecule has 1 aliphatic heterocycles. The zero-order valence-electron chi connectivity index (χ0n) is 12.4. The van der Waals surface area contributed by atoms with Gasteiger partial charge in [-0.15, -0.1) is 0 Å². The van der Waals surface area contributed by atoms with Crippen molar-refractivity contribution in [1.82, 2.24) is 5.32 Å². The van der Waals surface area contributed by atoms with Gasteiger partial charge in [0, 0.05) is 19.6 Å². The van der Waals surface area contributed by atoms with Gasteiger partial charge in [0.25, 0.3) is 0 Å². The number of carbonyl (C=O) groups is 1. The molecule has 1 fully saturated rings. The van der Waals surface area contributed by atoms with Crippen LogP contribution in [-0.4, -0.2) is 31.8 Å². The van der Waals surface area contributed by atoms with Crippen LogP contribution < -0.4 is 5.32 Å². The summed E-state index contributed by atoms with van der Waals surface area (Å²) in [6.07, 6.45) is 2.64. The molecule has 0 bridgehead atoms. The summed E-state index contributed by atoms with van der Waals surface area (Å²) < 4.78 is 24.0. The average molecular weight is 295 g/mol. The van der Waals surface area contributed by atoms with Crippen LogP contribution in [0.4, 0.5) is 4.39 Å². The second kappa shape index (κ2) is 8.10. The van der Waals surface area contributed by atoms with Crippen LogP contribution in [0.1, 0.15) is 30.4 Å². The second-order valence-electron chi connectivity index (χ2n) is 5.32. The van der Waals surface area contributed by atoms with Crippen molar-refractivity contribution in [3.8, 4) is 0 Å². The molecule has 1 atom stereocenters. The van der Waals surface area contributed by atoms with Crippen molar-refractivity contribution >= 4 is 5.91 Å². The first-order valence-corrected chi connectivity index (χ1v) is 7.36. The summed E-state index contributed by atoms with van der Waals surface area (Å²) in [5, 5.41) is 2.80. The summed E-state index contributed by atoms with van der Waals surface area (Å²) >= 11 is 0. The maximum absolute atomic E-state index is 13.1. The van der Waals surface area contributed by atoms with Gasteiger partial charge in [0.1, 0.15) is 5.82 Å². The fourth-order valence-corrected chi connectivity index (χ4v) is 2.26. The molecule has 1 unspecified atom stereocenters. The maximum Gasteiger partial charge on any atom is 0.222 e. The summed E-state index contributed by atoms with van der Waals surface area (Å²) in [7, 11) is 0. The summed E-state index contributed by atoms with van der Waals surface area (Å²) in [5.74, 6) is -0.295. The number of rotatable bonds is 7. The summed E-state index contributed by atoms with van der Waals surface area (Å²) in [4.78, 5) is 11.7. The van der Waals surface area contributed by atoms with Crippen LogP contribution in [0.5, 0.6) is 0 Å². The molecule has 21 heavy (non-hydrogen) atoms. The van der Waals surface area contributed by atoms with Gasteiger partial charge in [-0.25, -0.2) is 4.39 Å². The van der Waals surface area contributed by atoms with Gasteiger partial charge in [0.2, 0.25) is 5.91 Å². The van der Waals surface area contributed by atoms with Crippen LogP contribution in [0.2, 0.25) is 0 Å². The molecule has 1 saturated heterocycles. The fourth-order valence-electron chi connectivity index (χ4n) is 2.26. The minimum absolute atomic E-state index is 0.0654. The van der Waals surface area contributed by atoms with Crippen LogP contribution in [0.3, 0.4) is 0 Å². The first kappa shape index (κ1) is 15.9. The molecule has 1 aromatic rings. The molecule has 4 nitrogen and oxygen atoms in total. The SMILES string of the molecule is Cc1cc(CNC(=O)CCOCC2CCCO2)ccc1F. The molecular formula is C16H22FNO3. The normalized spacial score (nSPS) is 17.9. The zero-order valence-corrected chi connectivity index (χ0v) is 12.4. The third kappa shape index (κ3) is 5.44. The van der Waals surface area contributed by atoms with Gasteiger partial charge in [0.15, 0.2) is 0 Å². The lowest BCUT2D eigenvalue weighted by Gasteiger charge is -2.10. The Hall–Kier alpha value is -1.46. The van der Waals surface area contributed by atoms with Gasteiger partial charge < -0.3 is 14.8 Å². The number of benzene rings is 1. The second-order valence-corrected chi connectivity index (χ2v) is 5.32. The number of amides is 1. The predicted molar refractivity (Wildman–Crippen MR) is 77.4 cm³/mol. The van der Waals surface area contributed by atoms with Crippen molar-refractivity contribution in [3.63, 3.8) is 0 Å². The van der Waals surface area contributed by atoms with Crippen LogP contribution in [-0.2, 0) is 20.8 Å². The molecule has 2 rings (SSSR count). The molecule has 1 heterocycles. The predicted octanol–water partition coefficient (Wildman–Crippen LogP) is 2.34. The van der Waals surface area contributed by atoms with E-state index in [0.717, 1.165) is 25.0 Å². The van der Waals surface area contributed by atoms with Gasteiger partial charge in [-0.05, 0) is 37.0 Å². The van der Waals surface area contributed by atoms with Crippen molar-refractivity contribution < 1.29 is 18.7 Å². The molecule has 0 radical (unpaired) electrons. The van der Waals surface area contributed by atoms with Crippen molar-refractivity contribution in [2.24, 2.45) is 0 Å². The van der Waals surface area contributed by atoms with Gasteiger partial charge in [-0.2, -0.15) is 0 Å². The van der Waals surface area contributed by atoms with Crippen molar-refractivity contribution in [2.45, 2.75) is 38.8 Å². The highest BCUT2D eigenvalue weighted by atomic mass is 19.1. The van der Waals surface area contributed by atoms with E-state index in [-0.39, 0.29) is 17.8 Å². The highest BCUT2D eigenvalue weighted by Gasteiger charge is 2.15. The molecule has 0 aliphatic carbocycles. The number of aryl methyl sites for hydroxylation is 1. The van der Waals surface area contributed by atoms with E-state index in [0.29, 0.717) is 31.7 Å². The lowest BCUT2D eigenvalue weighted by atomic mass is 10.1. The Labute approximate surface area is 124 Å². The van der Waals surface area contributed by atoms with E-state index in [9.17, 15) is 9.18 Å². The topological polar surface area (TPSA) is 47.6 Å². The average Bonchev–Trinajstić information content (AvgIpc) is 2.98. The van der Waals surface area contributed by atoms with E-state index in [1.165, 1.54) is 6.07 Å². The van der Waals surface area contributed by atoms with Crippen molar-refractivity contribution in [1.29, 1.82) is 0 Å². The Kier molecular flexibility index (Phi) is 6.14. The Bertz CT molecular complexity index is 473. The van der Waals surface area contributed by atoms with E-state index in [4.69, 9.17) is 9.47 Å². The Balaban J connectivity index is 1.59. The van der Waals surface area contributed by atoms with Gasteiger partial charge in [-0.1, -0.05) is 12.1 Å². The van der Waals surface area contributed by atoms with Gasteiger partial charge in [0.05, 0.1) is 19.3 Å². The molecule has 116 valence electrons. The quantitative estimate of drug-likeness (QED) is 0.785. The van der Waals surface area contributed by atoms with E-state index in [1.54, 1.807) is 19.1 Å². The smallest absolute Gasteiger partial charge is 0.222 e. The van der Waals surface area contributed by atoms with E-state index in [2.05, 4.69) is 5.32 Å². The first-order chi connectivity index (χ1) is 10.1. The third-order valence-corrected chi connectivity index (χ3v) is 3.51. The maximum atomic E-state index is 13.1. The van der Waals surface area contributed by atoms with Crippen LogP contribution in [0.15, 0.2) is 18.2 Å². The molecule has 0 saturated carbocycles. The van der Waals surface area contributed by atoms with Crippen LogP contribution in [0.25, 0.3) is 0 Å². The molecule has 1 aliphatic rings. The Morgan fingerprint density at radius 3 is 3.10 bits per heavy atom. The van der Waals surface area contributed by atoms with E-state index < -0.39 is 0 Å². The number of hydrogen-bond acceptors (Lipinski definition) is 3. The minimum Gasteiger partial charge on any atom is -0.378 e. The minimum atomic E-state index is -0.229. The molecule has 0 aromatic heterocycles. The number of hydrogen-bond donors (Lipinski definition) is 1. The molecule has 1 amide bonds. The Morgan fingerprint density at radius 2 is 2.38 bits per heavy atom. The molecule has 1 N–H and O–H groups in total. The van der Waals surface area contributed by atoms with Gasteiger partial charge >= 0.3 is 0 Å². The lowest BCUT2D eigenvalue weighted by molar-refractivity contribution is -0.122. The summed E-state index contributed by atoms with van der Waals surface area (Å²) in [5.41, 5.74) is 1.48. The zero-order chi connectivity index (χ0) is 15.1. The number of nitrogens with one attached hydrogen (secondary N) is 1. The molecular weight excluding hydrogens is 273 g/mol.